The van der Waals surface area contributed by atoms with E-state index in [1.54, 1.807) is 6.20 Å². The lowest BCUT2D eigenvalue weighted by atomic mass is 10.1. The van der Waals surface area contributed by atoms with Crippen LogP contribution < -0.4 is 5.32 Å². The number of carbonyl (C=O) groups is 1. The molecule has 0 spiro atoms. The van der Waals surface area contributed by atoms with Crippen molar-refractivity contribution in [2.75, 3.05) is 0 Å². The van der Waals surface area contributed by atoms with Crippen molar-refractivity contribution in [3.63, 3.8) is 0 Å². The second kappa shape index (κ2) is 5.04. The van der Waals surface area contributed by atoms with Crippen molar-refractivity contribution in [3.05, 3.63) is 52.7 Å². The summed E-state index contributed by atoms with van der Waals surface area (Å²) in [5.74, 6) is 1.14. The highest BCUT2D eigenvalue weighted by molar-refractivity contribution is 5.94. The van der Waals surface area contributed by atoms with E-state index in [1.165, 1.54) is 5.56 Å². The SMILES string of the molecule is Cc1cnc(CNC(=O)c2ccc(C)c(C)c2)o1. The van der Waals surface area contributed by atoms with Crippen LogP contribution in [0, 0.1) is 20.8 Å². The van der Waals surface area contributed by atoms with Crippen LogP contribution in [0.25, 0.3) is 0 Å². The molecule has 0 aliphatic heterocycles. The van der Waals surface area contributed by atoms with E-state index in [4.69, 9.17) is 4.42 Å². The van der Waals surface area contributed by atoms with Crippen molar-refractivity contribution in [2.24, 2.45) is 0 Å². The van der Waals surface area contributed by atoms with Gasteiger partial charge in [0.2, 0.25) is 5.89 Å². The quantitative estimate of drug-likeness (QED) is 0.902. The summed E-state index contributed by atoms with van der Waals surface area (Å²) in [7, 11) is 0. The lowest BCUT2D eigenvalue weighted by molar-refractivity contribution is 0.0947. The number of aromatic nitrogens is 1. The van der Waals surface area contributed by atoms with Crippen molar-refractivity contribution in [1.29, 1.82) is 0 Å². The Morgan fingerprint density at radius 3 is 2.67 bits per heavy atom. The summed E-state index contributed by atoms with van der Waals surface area (Å²) in [5.41, 5.74) is 2.94. The standard InChI is InChI=1S/C14H16N2O2/c1-9-4-5-12(6-10(9)2)14(17)16-8-13-15-7-11(3)18-13/h4-7H,8H2,1-3H3,(H,16,17). The highest BCUT2D eigenvalue weighted by Gasteiger charge is 2.08. The number of nitrogens with one attached hydrogen (secondary N) is 1. The van der Waals surface area contributed by atoms with Crippen LogP contribution in [0.3, 0.4) is 0 Å². The van der Waals surface area contributed by atoms with Gasteiger partial charge in [0.05, 0.1) is 12.7 Å². The fourth-order valence-corrected chi connectivity index (χ4v) is 1.62. The minimum atomic E-state index is -0.117. The van der Waals surface area contributed by atoms with E-state index in [0.717, 1.165) is 11.3 Å². The molecule has 94 valence electrons. The van der Waals surface area contributed by atoms with Gasteiger partial charge in [0.25, 0.3) is 5.91 Å². The average Bonchev–Trinajstić information content (AvgIpc) is 2.75. The summed E-state index contributed by atoms with van der Waals surface area (Å²) in [4.78, 5) is 15.9. The van der Waals surface area contributed by atoms with Gasteiger partial charge in [-0.3, -0.25) is 4.79 Å². The van der Waals surface area contributed by atoms with Crippen LogP contribution >= 0.6 is 0 Å². The Balaban J connectivity index is 2.01. The minimum Gasteiger partial charge on any atom is -0.444 e. The van der Waals surface area contributed by atoms with Crippen molar-refractivity contribution in [2.45, 2.75) is 27.3 Å². The molecule has 0 unspecified atom stereocenters. The first kappa shape index (κ1) is 12.4. The van der Waals surface area contributed by atoms with Crippen LogP contribution in [0.15, 0.2) is 28.8 Å². The van der Waals surface area contributed by atoms with Crippen molar-refractivity contribution in [3.8, 4) is 0 Å². The number of nitrogens with zero attached hydrogens (tertiary/aromatic N) is 1. The molecule has 1 aromatic heterocycles. The molecule has 4 heteroatoms. The molecule has 18 heavy (non-hydrogen) atoms. The van der Waals surface area contributed by atoms with Crippen LogP contribution in [-0.4, -0.2) is 10.9 Å². The molecule has 0 fully saturated rings. The zero-order chi connectivity index (χ0) is 13.1. The van der Waals surface area contributed by atoms with Crippen LogP contribution in [0.1, 0.15) is 33.1 Å². The second-order valence-corrected chi connectivity index (χ2v) is 4.35. The van der Waals surface area contributed by atoms with Crippen LogP contribution in [0.5, 0.6) is 0 Å². The van der Waals surface area contributed by atoms with Gasteiger partial charge in [-0.1, -0.05) is 6.07 Å². The maximum Gasteiger partial charge on any atom is 0.251 e. The smallest absolute Gasteiger partial charge is 0.251 e. The molecule has 0 atom stereocenters. The average molecular weight is 244 g/mol. The predicted molar refractivity (Wildman–Crippen MR) is 68.3 cm³/mol. The Morgan fingerprint density at radius 2 is 2.06 bits per heavy atom. The first-order valence-electron chi connectivity index (χ1n) is 5.83. The molecule has 4 nitrogen and oxygen atoms in total. The third-order valence-electron chi connectivity index (χ3n) is 2.84. The van der Waals surface area contributed by atoms with E-state index >= 15 is 0 Å². The molecule has 0 aliphatic rings. The van der Waals surface area contributed by atoms with Gasteiger partial charge < -0.3 is 9.73 Å². The van der Waals surface area contributed by atoms with Crippen LogP contribution in [0.2, 0.25) is 0 Å². The third kappa shape index (κ3) is 2.77. The highest BCUT2D eigenvalue weighted by atomic mass is 16.4. The molecular weight excluding hydrogens is 228 g/mol. The second-order valence-electron chi connectivity index (χ2n) is 4.35. The molecule has 0 aliphatic carbocycles. The molecular formula is C14H16N2O2. The number of rotatable bonds is 3. The fourth-order valence-electron chi connectivity index (χ4n) is 1.62. The molecule has 2 rings (SSSR count). The molecule has 1 aromatic carbocycles. The van der Waals surface area contributed by atoms with Gasteiger partial charge in [-0.2, -0.15) is 0 Å². The Hall–Kier alpha value is -2.10. The monoisotopic (exact) mass is 244 g/mol. The Morgan fingerprint density at radius 1 is 1.28 bits per heavy atom. The Bertz CT molecular complexity index is 573. The zero-order valence-corrected chi connectivity index (χ0v) is 10.8. The highest BCUT2D eigenvalue weighted by Crippen LogP contribution is 2.10. The van der Waals surface area contributed by atoms with Crippen LogP contribution in [0.4, 0.5) is 0 Å². The molecule has 0 saturated heterocycles. The molecule has 2 aromatic rings. The largest absolute Gasteiger partial charge is 0.444 e. The van der Waals surface area contributed by atoms with Gasteiger partial charge in [-0.15, -0.1) is 0 Å². The van der Waals surface area contributed by atoms with Crippen molar-refractivity contribution < 1.29 is 9.21 Å². The van der Waals surface area contributed by atoms with Crippen LogP contribution in [-0.2, 0) is 6.54 Å². The topological polar surface area (TPSA) is 55.1 Å². The van der Waals surface area contributed by atoms with Crippen molar-refractivity contribution >= 4 is 5.91 Å². The Labute approximate surface area is 106 Å². The third-order valence-corrected chi connectivity index (χ3v) is 2.84. The molecule has 1 N–H and O–H groups in total. The summed E-state index contributed by atoms with van der Waals surface area (Å²) < 4.78 is 5.29. The fraction of sp³-hybridized carbons (Fsp3) is 0.286. The summed E-state index contributed by atoms with van der Waals surface area (Å²) in [6.07, 6.45) is 1.64. The number of hydrogen-bond acceptors (Lipinski definition) is 3. The maximum atomic E-state index is 11.9. The van der Waals surface area contributed by atoms with Gasteiger partial charge in [0.1, 0.15) is 5.76 Å². The lowest BCUT2D eigenvalue weighted by Gasteiger charge is -2.05. The molecule has 0 saturated carbocycles. The summed E-state index contributed by atoms with van der Waals surface area (Å²) in [6.45, 7) is 6.14. The normalized spacial score (nSPS) is 10.4. The minimum absolute atomic E-state index is 0.117. The van der Waals surface area contributed by atoms with Gasteiger partial charge >= 0.3 is 0 Å². The number of oxazole rings is 1. The van der Waals surface area contributed by atoms with Gasteiger partial charge in [-0.05, 0) is 44.0 Å². The van der Waals surface area contributed by atoms with E-state index in [-0.39, 0.29) is 5.91 Å². The molecule has 1 amide bonds. The van der Waals surface area contributed by atoms with Gasteiger partial charge in [0.15, 0.2) is 0 Å². The number of benzene rings is 1. The first-order valence-corrected chi connectivity index (χ1v) is 5.83. The Kier molecular flexibility index (Phi) is 3.46. The first-order chi connectivity index (χ1) is 8.56. The number of carbonyl (C=O) groups excluding carboxylic acids is 1. The van der Waals surface area contributed by atoms with E-state index in [1.807, 2.05) is 39.0 Å². The van der Waals surface area contributed by atoms with E-state index in [9.17, 15) is 4.79 Å². The van der Waals surface area contributed by atoms with E-state index in [2.05, 4.69) is 10.3 Å². The lowest BCUT2D eigenvalue weighted by Crippen LogP contribution is -2.23. The molecule has 0 bridgehead atoms. The van der Waals surface area contributed by atoms with Gasteiger partial charge in [0, 0.05) is 5.56 Å². The van der Waals surface area contributed by atoms with Gasteiger partial charge in [-0.25, -0.2) is 4.98 Å². The summed E-state index contributed by atoms with van der Waals surface area (Å²) >= 11 is 0. The van der Waals surface area contributed by atoms with E-state index < -0.39 is 0 Å². The maximum absolute atomic E-state index is 11.9. The summed E-state index contributed by atoms with van der Waals surface area (Å²) in [6, 6.07) is 5.64. The van der Waals surface area contributed by atoms with Crippen molar-refractivity contribution in [1.82, 2.24) is 10.3 Å². The summed E-state index contributed by atoms with van der Waals surface area (Å²) in [5, 5.41) is 2.78. The predicted octanol–water partition coefficient (Wildman–Crippen LogP) is 2.53. The van der Waals surface area contributed by atoms with E-state index in [0.29, 0.717) is 18.0 Å². The zero-order valence-electron chi connectivity index (χ0n) is 10.8. The molecule has 0 radical (unpaired) electrons. The number of hydrogen-bond donors (Lipinski definition) is 1. The molecule has 1 heterocycles. The number of amides is 1. The number of aryl methyl sites for hydroxylation is 3.